The maximum Gasteiger partial charge on any atom is 0.133 e. The van der Waals surface area contributed by atoms with Gasteiger partial charge in [-0.2, -0.15) is 0 Å². The van der Waals surface area contributed by atoms with Crippen LogP contribution in [0.4, 0.5) is 0 Å². The Kier molecular flexibility index (Phi) is 7.66. The van der Waals surface area contributed by atoms with Crippen LogP contribution in [0.5, 0.6) is 0 Å². The van der Waals surface area contributed by atoms with E-state index in [9.17, 15) is 4.79 Å². The summed E-state index contributed by atoms with van der Waals surface area (Å²) in [5.74, 6) is 0.235. The van der Waals surface area contributed by atoms with Crippen LogP contribution in [-0.2, 0) is 4.79 Å². The second-order valence-corrected chi connectivity index (χ2v) is 3.79. The van der Waals surface area contributed by atoms with Crippen molar-refractivity contribution in [1.29, 1.82) is 0 Å². The molecule has 0 heterocycles. The van der Waals surface area contributed by atoms with Crippen LogP contribution in [0.25, 0.3) is 0 Å². The van der Waals surface area contributed by atoms with E-state index in [4.69, 9.17) is 0 Å². The number of Topliss-reactive ketones (excluding diaryl/α,β-unsaturated/α-hetero) is 1. The van der Waals surface area contributed by atoms with Crippen molar-refractivity contribution in [2.45, 2.75) is 58.8 Å². The molecule has 0 aromatic carbocycles. The Bertz CT molecular complexity index is 159. The first-order valence-electron chi connectivity index (χ1n) is 5.33. The van der Waals surface area contributed by atoms with Gasteiger partial charge in [0, 0.05) is 6.42 Å². The summed E-state index contributed by atoms with van der Waals surface area (Å²) in [7, 11) is 0. The van der Waals surface area contributed by atoms with E-state index in [0.717, 1.165) is 12.0 Å². The molecule has 0 saturated carbocycles. The highest BCUT2D eigenvalue weighted by atomic mass is 16.1. The standard InChI is InChI=1S/C12H22O/c1-4-5-6-7-8-9-11(2)10-12(3)13/h2,4-10H2,1,3H3. The highest BCUT2D eigenvalue weighted by Crippen LogP contribution is 2.12. The molecule has 1 heteroatoms. The summed E-state index contributed by atoms with van der Waals surface area (Å²) >= 11 is 0. The number of ketones is 1. The molecular formula is C12H22O. The van der Waals surface area contributed by atoms with Gasteiger partial charge in [0.1, 0.15) is 5.78 Å². The van der Waals surface area contributed by atoms with Gasteiger partial charge in [-0.25, -0.2) is 0 Å². The smallest absolute Gasteiger partial charge is 0.133 e. The lowest BCUT2D eigenvalue weighted by Crippen LogP contribution is -1.92. The molecule has 0 rings (SSSR count). The fourth-order valence-electron chi connectivity index (χ4n) is 1.42. The fraction of sp³-hybridized carbons (Fsp3) is 0.750. The second kappa shape index (κ2) is 8.03. The molecule has 0 fully saturated rings. The zero-order valence-electron chi connectivity index (χ0n) is 9.07. The lowest BCUT2D eigenvalue weighted by Gasteiger charge is -2.02. The Morgan fingerprint density at radius 1 is 1.15 bits per heavy atom. The molecule has 76 valence electrons. The molecule has 0 radical (unpaired) electrons. The molecule has 0 spiro atoms. The third-order valence-electron chi connectivity index (χ3n) is 2.13. The van der Waals surface area contributed by atoms with Crippen LogP contribution in [0.1, 0.15) is 58.8 Å². The van der Waals surface area contributed by atoms with E-state index in [-0.39, 0.29) is 5.78 Å². The number of rotatable bonds is 8. The van der Waals surface area contributed by atoms with E-state index in [1.165, 1.54) is 32.1 Å². The van der Waals surface area contributed by atoms with Crippen LogP contribution in [0.3, 0.4) is 0 Å². The second-order valence-electron chi connectivity index (χ2n) is 3.79. The average Bonchev–Trinajstić information content (AvgIpc) is 2.02. The largest absolute Gasteiger partial charge is 0.300 e. The summed E-state index contributed by atoms with van der Waals surface area (Å²) in [6.45, 7) is 7.74. The van der Waals surface area contributed by atoms with Crippen molar-refractivity contribution in [2.75, 3.05) is 0 Å². The summed E-state index contributed by atoms with van der Waals surface area (Å²) in [6, 6.07) is 0. The summed E-state index contributed by atoms with van der Waals surface area (Å²) < 4.78 is 0. The van der Waals surface area contributed by atoms with Crippen molar-refractivity contribution < 1.29 is 4.79 Å². The van der Waals surface area contributed by atoms with Gasteiger partial charge >= 0.3 is 0 Å². The highest BCUT2D eigenvalue weighted by Gasteiger charge is 1.98. The number of unbranched alkanes of at least 4 members (excludes halogenated alkanes) is 4. The van der Waals surface area contributed by atoms with Gasteiger partial charge in [0.05, 0.1) is 0 Å². The van der Waals surface area contributed by atoms with Crippen molar-refractivity contribution in [3.63, 3.8) is 0 Å². The third kappa shape index (κ3) is 9.32. The van der Waals surface area contributed by atoms with E-state index in [2.05, 4.69) is 13.5 Å². The first-order valence-corrected chi connectivity index (χ1v) is 5.33. The van der Waals surface area contributed by atoms with Gasteiger partial charge in [0.2, 0.25) is 0 Å². The summed E-state index contributed by atoms with van der Waals surface area (Å²) in [4.78, 5) is 10.7. The summed E-state index contributed by atoms with van der Waals surface area (Å²) in [6.07, 6.45) is 8.03. The van der Waals surface area contributed by atoms with E-state index in [1.807, 2.05) is 0 Å². The molecule has 0 atom stereocenters. The Morgan fingerprint density at radius 3 is 2.31 bits per heavy atom. The maximum absolute atomic E-state index is 10.7. The van der Waals surface area contributed by atoms with Crippen LogP contribution in [-0.4, -0.2) is 5.78 Å². The summed E-state index contributed by atoms with van der Waals surface area (Å²) in [5.41, 5.74) is 1.10. The zero-order valence-corrected chi connectivity index (χ0v) is 9.07. The van der Waals surface area contributed by atoms with E-state index in [1.54, 1.807) is 6.92 Å². The van der Waals surface area contributed by atoms with Crippen LogP contribution < -0.4 is 0 Å². The lowest BCUT2D eigenvalue weighted by molar-refractivity contribution is -0.116. The highest BCUT2D eigenvalue weighted by molar-refractivity contribution is 5.77. The Hall–Kier alpha value is -0.590. The number of hydrogen-bond donors (Lipinski definition) is 0. The third-order valence-corrected chi connectivity index (χ3v) is 2.13. The minimum absolute atomic E-state index is 0.235. The minimum atomic E-state index is 0.235. The molecule has 0 amide bonds. The number of carbonyl (C=O) groups excluding carboxylic acids is 1. The predicted molar refractivity (Wildman–Crippen MR) is 57.8 cm³/mol. The minimum Gasteiger partial charge on any atom is -0.300 e. The van der Waals surface area contributed by atoms with Crippen LogP contribution in [0, 0.1) is 0 Å². The molecule has 0 N–H and O–H groups in total. The molecule has 0 aliphatic heterocycles. The van der Waals surface area contributed by atoms with Crippen LogP contribution in [0.2, 0.25) is 0 Å². The first-order chi connectivity index (χ1) is 6.16. The normalized spacial score (nSPS) is 10.0. The quantitative estimate of drug-likeness (QED) is 0.411. The molecule has 0 bridgehead atoms. The molecule has 0 aliphatic carbocycles. The average molecular weight is 182 g/mol. The summed E-state index contributed by atoms with van der Waals surface area (Å²) in [5, 5.41) is 0. The van der Waals surface area contributed by atoms with Crippen molar-refractivity contribution in [1.82, 2.24) is 0 Å². The topological polar surface area (TPSA) is 17.1 Å². The molecule has 0 saturated heterocycles. The van der Waals surface area contributed by atoms with Crippen LogP contribution >= 0.6 is 0 Å². The number of allylic oxidation sites excluding steroid dienone is 1. The van der Waals surface area contributed by atoms with E-state index >= 15 is 0 Å². The predicted octanol–water partition coefficient (Wildman–Crippen LogP) is 3.88. The molecule has 0 aliphatic rings. The molecule has 0 aromatic rings. The SMILES string of the molecule is C=C(CCCCCCC)CC(C)=O. The molecule has 0 unspecified atom stereocenters. The monoisotopic (exact) mass is 182 g/mol. The van der Waals surface area contributed by atoms with Gasteiger partial charge < -0.3 is 0 Å². The Morgan fingerprint density at radius 2 is 1.77 bits per heavy atom. The van der Waals surface area contributed by atoms with Gasteiger partial charge in [0.15, 0.2) is 0 Å². The zero-order chi connectivity index (χ0) is 10.1. The first kappa shape index (κ1) is 12.4. The van der Waals surface area contributed by atoms with Gasteiger partial charge in [-0.1, -0.05) is 44.8 Å². The van der Waals surface area contributed by atoms with Crippen molar-refractivity contribution in [3.8, 4) is 0 Å². The van der Waals surface area contributed by atoms with Gasteiger partial charge in [-0.3, -0.25) is 4.79 Å². The Labute approximate surface area is 82.2 Å². The fourth-order valence-corrected chi connectivity index (χ4v) is 1.42. The number of hydrogen-bond acceptors (Lipinski definition) is 1. The lowest BCUT2D eigenvalue weighted by atomic mass is 10.0. The molecule has 1 nitrogen and oxygen atoms in total. The molecule has 0 aromatic heterocycles. The van der Waals surface area contributed by atoms with Crippen molar-refractivity contribution in [2.24, 2.45) is 0 Å². The van der Waals surface area contributed by atoms with E-state index in [0.29, 0.717) is 6.42 Å². The molecular weight excluding hydrogens is 160 g/mol. The van der Waals surface area contributed by atoms with Crippen LogP contribution in [0.15, 0.2) is 12.2 Å². The van der Waals surface area contributed by atoms with Crippen molar-refractivity contribution >= 4 is 5.78 Å². The number of carbonyl (C=O) groups is 1. The Balaban J connectivity index is 3.22. The van der Waals surface area contributed by atoms with Gasteiger partial charge in [-0.15, -0.1) is 0 Å². The van der Waals surface area contributed by atoms with Gasteiger partial charge in [0.25, 0.3) is 0 Å². The van der Waals surface area contributed by atoms with Crippen molar-refractivity contribution in [3.05, 3.63) is 12.2 Å². The maximum atomic E-state index is 10.7. The molecule has 13 heavy (non-hydrogen) atoms. The van der Waals surface area contributed by atoms with Gasteiger partial charge in [-0.05, 0) is 19.8 Å². The van der Waals surface area contributed by atoms with E-state index < -0.39 is 0 Å².